The van der Waals surface area contributed by atoms with E-state index >= 15 is 0 Å². The lowest BCUT2D eigenvalue weighted by atomic mass is 9.99. The Hall–Kier alpha value is -3.56. The van der Waals surface area contributed by atoms with Gasteiger partial charge in [0.1, 0.15) is 11.5 Å². The van der Waals surface area contributed by atoms with Gasteiger partial charge in [-0.25, -0.2) is 8.42 Å². The maximum Gasteiger partial charge on any atom is 0.262 e. The monoisotopic (exact) mass is 523 g/mol. The molecule has 2 N–H and O–H groups in total. The summed E-state index contributed by atoms with van der Waals surface area (Å²) in [6.07, 6.45) is 2.52. The van der Waals surface area contributed by atoms with Crippen LogP contribution in [0.1, 0.15) is 35.7 Å². The van der Waals surface area contributed by atoms with Gasteiger partial charge in [-0.15, -0.1) is 0 Å². The first-order valence-corrected chi connectivity index (χ1v) is 13.7. The predicted molar refractivity (Wildman–Crippen MR) is 145 cm³/mol. The third-order valence-electron chi connectivity index (χ3n) is 6.44. The molecule has 1 atom stereocenters. The van der Waals surface area contributed by atoms with Gasteiger partial charge in [0, 0.05) is 30.4 Å². The lowest BCUT2D eigenvalue weighted by molar-refractivity contribution is 0.102. The van der Waals surface area contributed by atoms with E-state index in [1.807, 2.05) is 24.3 Å². The Morgan fingerprint density at radius 3 is 2.38 bits per heavy atom. The van der Waals surface area contributed by atoms with Gasteiger partial charge in [-0.1, -0.05) is 19.1 Å². The van der Waals surface area contributed by atoms with Gasteiger partial charge in [-0.05, 0) is 79.4 Å². The van der Waals surface area contributed by atoms with Crippen LogP contribution in [0.15, 0.2) is 71.6 Å². The minimum absolute atomic E-state index is 0.0553. The second-order valence-corrected chi connectivity index (χ2v) is 11.0. The fraction of sp³-hybridized carbons (Fsp3) is 0.321. The summed E-state index contributed by atoms with van der Waals surface area (Å²) in [6.45, 7) is 5.40. The molecule has 8 nitrogen and oxygen atoms in total. The second kappa shape index (κ2) is 11.7. The molecule has 9 heteroatoms. The highest BCUT2D eigenvalue weighted by Gasteiger charge is 2.18. The van der Waals surface area contributed by atoms with Crippen molar-refractivity contribution in [2.24, 2.45) is 5.92 Å². The van der Waals surface area contributed by atoms with Crippen molar-refractivity contribution in [1.82, 2.24) is 4.90 Å². The van der Waals surface area contributed by atoms with E-state index in [1.165, 1.54) is 44.8 Å². The number of ether oxygens (including phenoxy) is 2. The standard InChI is InChI=1S/C28H33N3O5S/c1-20-5-4-16-31(18-20)19-21-6-8-22(9-7-21)28(32)29-23-10-13-25(14-11-23)37(33,34)30-26-15-12-24(35-2)17-27(26)36-3/h6-15,17,20,30H,4-5,16,18-19H2,1-3H3,(H,29,32). The molecule has 3 aromatic carbocycles. The van der Waals surface area contributed by atoms with E-state index in [9.17, 15) is 13.2 Å². The molecule has 1 saturated heterocycles. The van der Waals surface area contributed by atoms with Crippen molar-refractivity contribution in [2.45, 2.75) is 31.2 Å². The Bertz CT molecular complexity index is 1320. The van der Waals surface area contributed by atoms with Crippen molar-refractivity contribution in [2.75, 3.05) is 37.3 Å². The predicted octanol–water partition coefficient (Wildman–Crippen LogP) is 4.99. The second-order valence-electron chi connectivity index (χ2n) is 9.33. The minimum atomic E-state index is -3.87. The summed E-state index contributed by atoms with van der Waals surface area (Å²) in [4.78, 5) is 15.2. The quantitative estimate of drug-likeness (QED) is 0.410. The molecule has 1 unspecified atom stereocenters. The molecule has 0 aliphatic carbocycles. The average Bonchev–Trinajstić information content (AvgIpc) is 2.89. The summed E-state index contributed by atoms with van der Waals surface area (Å²) in [5.74, 6) is 1.35. The normalized spacial score (nSPS) is 16.1. The molecule has 4 rings (SSSR count). The number of sulfonamides is 1. The summed E-state index contributed by atoms with van der Waals surface area (Å²) in [6, 6.07) is 18.4. The van der Waals surface area contributed by atoms with Gasteiger partial charge in [-0.2, -0.15) is 0 Å². The summed E-state index contributed by atoms with van der Waals surface area (Å²) >= 11 is 0. The van der Waals surface area contributed by atoms with Gasteiger partial charge in [0.15, 0.2) is 0 Å². The van der Waals surface area contributed by atoms with E-state index in [-0.39, 0.29) is 10.8 Å². The van der Waals surface area contributed by atoms with Crippen molar-refractivity contribution in [3.8, 4) is 11.5 Å². The van der Waals surface area contributed by atoms with Crippen LogP contribution in [0.3, 0.4) is 0 Å². The van der Waals surface area contributed by atoms with Gasteiger partial charge in [0.2, 0.25) is 0 Å². The Morgan fingerprint density at radius 2 is 1.73 bits per heavy atom. The number of rotatable bonds is 9. The van der Waals surface area contributed by atoms with Crippen LogP contribution in [0.5, 0.6) is 11.5 Å². The number of carbonyl (C=O) groups is 1. The van der Waals surface area contributed by atoms with Crippen LogP contribution >= 0.6 is 0 Å². The van der Waals surface area contributed by atoms with Gasteiger partial charge in [-0.3, -0.25) is 14.4 Å². The molecule has 0 radical (unpaired) electrons. The van der Waals surface area contributed by atoms with Crippen LogP contribution in [-0.4, -0.2) is 46.5 Å². The number of anilines is 2. The molecule has 0 saturated carbocycles. The Balaban J connectivity index is 1.37. The Kier molecular flexibility index (Phi) is 8.35. The van der Waals surface area contributed by atoms with Crippen LogP contribution in [0.2, 0.25) is 0 Å². The zero-order valence-corrected chi connectivity index (χ0v) is 22.2. The molecule has 1 heterocycles. The van der Waals surface area contributed by atoms with Gasteiger partial charge >= 0.3 is 0 Å². The maximum atomic E-state index is 12.9. The van der Waals surface area contributed by atoms with Crippen molar-refractivity contribution >= 4 is 27.3 Å². The van der Waals surface area contributed by atoms with Gasteiger partial charge < -0.3 is 14.8 Å². The Morgan fingerprint density at radius 1 is 1.00 bits per heavy atom. The van der Waals surface area contributed by atoms with Crippen LogP contribution in [0.4, 0.5) is 11.4 Å². The SMILES string of the molecule is COc1ccc(NS(=O)(=O)c2ccc(NC(=O)c3ccc(CN4CCCC(C)C4)cc3)cc2)c(OC)c1. The molecule has 0 spiro atoms. The van der Waals surface area contributed by atoms with Crippen LogP contribution in [-0.2, 0) is 16.6 Å². The van der Waals surface area contributed by atoms with Crippen molar-refractivity contribution in [3.63, 3.8) is 0 Å². The maximum absolute atomic E-state index is 12.9. The van der Waals surface area contributed by atoms with Gasteiger partial charge in [0.25, 0.3) is 15.9 Å². The number of hydrogen-bond acceptors (Lipinski definition) is 6. The molecule has 37 heavy (non-hydrogen) atoms. The fourth-order valence-electron chi connectivity index (χ4n) is 4.46. The number of nitrogens with zero attached hydrogens (tertiary/aromatic N) is 1. The largest absolute Gasteiger partial charge is 0.497 e. The zero-order valence-electron chi connectivity index (χ0n) is 21.4. The van der Waals surface area contributed by atoms with Crippen LogP contribution < -0.4 is 19.5 Å². The van der Waals surface area contributed by atoms with E-state index in [2.05, 4.69) is 21.9 Å². The number of methoxy groups -OCH3 is 2. The lowest BCUT2D eigenvalue weighted by Gasteiger charge is -2.30. The third kappa shape index (κ3) is 6.81. The number of piperidine rings is 1. The molecule has 1 aliphatic rings. The fourth-order valence-corrected chi connectivity index (χ4v) is 5.53. The first kappa shape index (κ1) is 26.5. The minimum Gasteiger partial charge on any atom is -0.497 e. The molecule has 1 aliphatic heterocycles. The summed E-state index contributed by atoms with van der Waals surface area (Å²) in [7, 11) is -0.901. The number of hydrogen-bond donors (Lipinski definition) is 2. The van der Waals surface area contributed by atoms with E-state index in [4.69, 9.17) is 9.47 Å². The number of nitrogens with one attached hydrogen (secondary N) is 2. The zero-order chi connectivity index (χ0) is 26.4. The highest BCUT2D eigenvalue weighted by atomic mass is 32.2. The molecule has 3 aromatic rings. The highest BCUT2D eigenvalue weighted by Crippen LogP contribution is 2.31. The molecule has 0 bridgehead atoms. The first-order valence-electron chi connectivity index (χ1n) is 12.2. The van der Waals surface area contributed by atoms with E-state index in [0.717, 1.165) is 25.6 Å². The summed E-state index contributed by atoms with van der Waals surface area (Å²) in [5.41, 5.74) is 2.51. The van der Waals surface area contributed by atoms with Gasteiger partial charge in [0.05, 0.1) is 24.8 Å². The van der Waals surface area contributed by atoms with Crippen molar-refractivity contribution in [1.29, 1.82) is 0 Å². The van der Waals surface area contributed by atoms with Crippen molar-refractivity contribution < 1.29 is 22.7 Å². The van der Waals surface area contributed by atoms with Crippen molar-refractivity contribution in [3.05, 3.63) is 77.9 Å². The van der Waals surface area contributed by atoms with Crippen LogP contribution in [0, 0.1) is 5.92 Å². The average molecular weight is 524 g/mol. The van der Waals surface area contributed by atoms with E-state index in [1.54, 1.807) is 30.3 Å². The number of benzene rings is 3. The first-order chi connectivity index (χ1) is 17.8. The molecule has 196 valence electrons. The molecule has 1 amide bonds. The smallest absolute Gasteiger partial charge is 0.262 e. The number of carbonyl (C=O) groups excluding carboxylic acids is 1. The van der Waals surface area contributed by atoms with Crippen LogP contribution in [0.25, 0.3) is 0 Å². The molecular weight excluding hydrogens is 490 g/mol. The molecular formula is C28H33N3O5S. The summed E-state index contributed by atoms with van der Waals surface area (Å²) < 4.78 is 38.7. The summed E-state index contributed by atoms with van der Waals surface area (Å²) in [5, 5.41) is 2.83. The molecule has 1 fully saturated rings. The van der Waals surface area contributed by atoms with E-state index < -0.39 is 10.0 Å². The molecule has 0 aromatic heterocycles. The topological polar surface area (TPSA) is 97.0 Å². The number of likely N-dealkylation sites (tertiary alicyclic amines) is 1. The lowest BCUT2D eigenvalue weighted by Crippen LogP contribution is -2.33. The number of amides is 1. The third-order valence-corrected chi connectivity index (χ3v) is 7.82. The Labute approximate surface area is 218 Å². The van der Waals surface area contributed by atoms with E-state index in [0.29, 0.717) is 28.4 Å². The highest BCUT2D eigenvalue weighted by molar-refractivity contribution is 7.92.